The Balaban J connectivity index is 1.55. The minimum atomic E-state index is -0.630. The molecule has 2 amide bonds. The van der Waals surface area contributed by atoms with Gasteiger partial charge in [0, 0.05) is 29.8 Å². The van der Waals surface area contributed by atoms with Gasteiger partial charge in [-0.1, -0.05) is 23.9 Å². The van der Waals surface area contributed by atoms with E-state index in [4.69, 9.17) is 4.74 Å². The van der Waals surface area contributed by atoms with Crippen molar-refractivity contribution in [1.82, 2.24) is 5.32 Å². The average Bonchev–Trinajstić information content (AvgIpc) is 3.07. The van der Waals surface area contributed by atoms with Crippen molar-refractivity contribution in [1.29, 1.82) is 0 Å². The average molecular weight is 427 g/mol. The van der Waals surface area contributed by atoms with Crippen LogP contribution < -0.4 is 15.4 Å². The number of rotatable bonds is 7. The normalized spacial score (nSPS) is 17.2. The molecule has 0 spiro atoms. The predicted octanol–water partition coefficient (Wildman–Crippen LogP) is 2.55. The Kier molecular flexibility index (Phi) is 6.75. The largest absolute Gasteiger partial charge is 0.497 e. The number of carbonyl (C=O) groups excluding carboxylic acids is 2. The van der Waals surface area contributed by atoms with Crippen molar-refractivity contribution in [3.8, 4) is 5.75 Å². The minimum Gasteiger partial charge on any atom is -0.497 e. The van der Waals surface area contributed by atoms with Crippen LogP contribution in [0.5, 0.6) is 5.75 Å². The first kappa shape index (κ1) is 21.0. The van der Waals surface area contributed by atoms with E-state index < -0.39 is 10.2 Å². The van der Waals surface area contributed by atoms with E-state index in [1.165, 1.54) is 24.4 Å². The van der Waals surface area contributed by atoms with Gasteiger partial charge in [-0.05, 0) is 24.3 Å². The van der Waals surface area contributed by atoms with E-state index in [1.807, 2.05) is 0 Å². The molecular weight excluding hydrogens is 410 g/mol. The van der Waals surface area contributed by atoms with Gasteiger partial charge in [-0.3, -0.25) is 19.7 Å². The Morgan fingerprint density at radius 3 is 2.80 bits per heavy atom. The molecule has 1 saturated heterocycles. The fourth-order valence-electron chi connectivity index (χ4n) is 2.51. The SMILES string of the molecule is COc1ccc(NC(=O)CC2S/C(=N/N=C/c3cccc([N+](=O)[O-])c3)NC2=O)cc1. The van der Waals surface area contributed by atoms with Crippen LogP contribution in [-0.4, -0.2) is 40.5 Å². The number of carbonyl (C=O) groups is 2. The molecule has 1 heterocycles. The summed E-state index contributed by atoms with van der Waals surface area (Å²) in [6.45, 7) is 0. The maximum atomic E-state index is 12.2. The summed E-state index contributed by atoms with van der Waals surface area (Å²) in [5, 5.41) is 23.4. The minimum absolute atomic E-state index is 0.0316. The first-order valence-corrected chi connectivity index (χ1v) is 9.59. The summed E-state index contributed by atoms with van der Waals surface area (Å²) in [4.78, 5) is 34.6. The van der Waals surface area contributed by atoms with Gasteiger partial charge in [-0.25, -0.2) is 0 Å². The Bertz CT molecular complexity index is 1020. The number of thioether (sulfide) groups is 1. The summed E-state index contributed by atoms with van der Waals surface area (Å²) in [5.74, 6) is 0.0218. The van der Waals surface area contributed by atoms with E-state index in [0.717, 1.165) is 11.8 Å². The summed E-state index contributed by atoms with van der Waals surface area (Å²) >= 11 is 1.09. The van der Waals surface area contributed by atoms with E-state index in [2.05, 4.69) is 20.8 Å². The number of nitrogens with one attached hydrogen (secondary N) is 2. The maximum absolute atomic E-state index is 12.2. The van der Waals surface area contributed by atoms with E-state index in [1.54, 1.807) is 37.4 Å². The summed E-state index contributed by atoms with van der Waals surface area (Å²) in [6, 6.07) is 12.8. The van der Waals surface area contributed by atoms with E-state index in [9.17, 15) is 19.7 Å². The number of benzene rings is 2. The molecule has 1 aliphatic heterocycles. The zero-order chi connectivity index (χ0) is 21.5. The molecule has 1 aliphatic rings. The number of ether oxygens (including phenoxy) is 1. The number of nitrogens with zero attached hydrogens (tertiary/aromatic N) is 3. The van der Waals surface area contributed by atoms with Crippen LogP contribution >= 0.6 is 11.8 Å². The molecule has 3 rings (SSSR count). The monoisotopic (exact) mass is 427 g/mol. The van der Waals surface area contributed by atoms with E-state index in [0.29, 0.717) is 17.0 Å². The Morgan fingerprint density at radius 2 is 2.10 bits per heavy atom. The fourth-order valence-corrected chi connectivity index (χ4v) is 3.43. The van der Waals surface area contributed by atoms with Crippen molar-refractivity contribution >= 4 is 46.3 Å². The molecule has 2 aromatic rings. The Labute approximate surface area is 175 Å². The number of amidine groups is 1. The lowest BCUT2D eigenvalue weighted by Crippen LogP contribution is -2.28. The topological polar surface area (TPSA) is 135 Å². The number of hydrogen-bond acceptors (Lipinski definition) is 8. The molecule has 0 aliphatic carbocycles. The molecule has 2 aromatic carbocycles. The molecule has 0 radical (unpaired) electrons. The van der Waals surface area contributed by atoms with Crippen molar-refractivity contribution < 1.29 is 19.2 Å². The highest BCUT2D eigenvalue weighted by Crippen LogP contribution is 2.23. The summed E-state index contributed by atoms with van der Waals surface area (Å²) < 4.78 is 5.06. The zero-order valence-electron chi connectivity index (χ0n) is 15.8. The fraction of sp³-hybridized carbons (Fsp3) is 0.158. The van der Waals surface area contributed by atoms with E-state index >= 15 is 0 Å². The number of hydrogen-bond donors (Lipinski definition) is 2. The lowest BCUT2D eigenvalue weighted by Gasteiger charge is -2.08. The molecule has 154 valence electrons. The van der Waals surface area contributed by atoms with Gasteiger partial charge in [-0.2, -0.15) is 5.10 Å². The Hall–Kier alpha value is -3.73. The van der Waals surface area contributed by atoms with Crippen LogP contribution in [-0.2, 0) is 9.59 Å². The van der Waals surface area contributed by atoms with Crippen LogP contribution in [0, 0.1) is 10.1 Å². The molecular formula is C19H17N5O5S. The zero-order valence-corrected chi connectivity index (χ0v) is 16.6. The highest BCUT2D eigenvalue weighted by molar-refractivity contribution is 8.15. The molecule has 0 bridgehead atoms. The van der Waals surface area contributed by atoms with Gasteiger partial charge in [0.05, 0.1) is 18.2 Å². The first-order valence-electron chi connectivity index (χ1n) is 8.71. The van der Waals surface area contributed by atoms with Crippen molar-refractivity contribution in [3.05, 3.63) is 64.2 Å². The molecule has 11 heteroatoms. The quantitative estimate of drug-likeness (QED) is 0.396. The summed E-state index contributed by atoms with van der Waals surface area (Å²) in [6.07, 6.45) is 1.31. The number of non-ortho nitro benzene ring substituents is 1. The second-order valence-corrected chi connectivity index (χ2v) is 7.27. The highest BCUT2D eigenvalue weighted by atomic mass is 32.2. The lowest BCUT2D eigenvalue weighted by atomic mass is 10.2. The lowest BCUT2D eigenvalue weighted by molar-refractivity contribution is -0.384. The summed E-state index contributed by atoms with van der Waals surface area (Å²) in [5.41, 5.74) is 1.04. The molecule has 0 aromatic heterocycles. The van der Waals surface area contributed by atoms with Crippen LogP contribution in [0.2, 0.25) is 0 Å². The van der Waals surface area contributed by atoms with Crippen molar-refractivity contribution in [2.45, 2.75) is 11.7 Å². The second-order valence-electron chi connectivity index (χ2n) is 6.08. The van der Waals surface area contributed by atoms with Crippen molar-refractivity contribution in [2.75, 3.05) is 12.4 Å². The van der Waals surface area contributed by atoms with Crippen LogP contribution in [0.25, 0.3) is 0 Å². The number of nitro groups is 1. The molecule has 0 saturated carbocycles. The van der Waals surface area contributed by atoms with E-state index in [-0.39, 0.29) is 29.1 Å². The third-order valence-electron chi connectivity index (χ3n) is 3.96. The van der Waals surface area contributed by atoms with Gasteiger partial charge >= 0.3 is 0 Å². The number of anilines is 1. The smallest absolute Gasteiger partial charge is 0.270 e. The van der Waals surface area contributed by atoms with Crippen LogP contribution in [0.1, 0.15) is 12.0 Å². The van der Waals surface area contributed by atoms with Crippen molar-refractivity contribution in [2.24, 2.45) is 10.2 Å². The van der Waals surface area contributed by atoms with Crippen LogP contribution in [0.15, 0.2) is 58.7 Å². The number of nitro benzene ring substituents is 1. The van der Waals surface area contributed by atoms with Gasteiger partial charge in [-0.15, -0.1) is 5.10 Å². The van der Waals surface area contributed by atoms with Gasteiger partial charge in [0.2, 0.25) is 11.8 Å². The molecule has 1 atom stereocenters. The van der Waals surface area contributed by atoms with Gasteiger partial charge in [0.1, 0.15) is 11.0 Å². The highest BCUT2D eigenvalue weighted by Gasteiger charge is 2.32. The molecule has 1 fully saturated rings. The third-order valence-corrected chi connectivity index (χ3v) is 5.03. The maximum Gasteiger partial charge on any atom is 0.270 e. The molecule has 10 nitrogen and oxygen atoms in total. The van der Waals surface area contributed by atoms with Crippen molar-refractivity contribution in [3.63, 3.8) is 0 Å². The first-order chi connectivity index (χ1) is 14.4. The molecule has 30 heavy (non-hydrogen) atoms. The summed E-state index contributed by atoms with van der Waals surface area (Å²) in [7, 11) is 1.55. The third kappa shape index (κ3) is 5.64. The van der Waals surface area contributed by atoms with Crippen LogP contribution in [0.3, 0.4) is 0 Å². The number of methoxy groups -OCH3 is 1. The molecule has 2 N–H and O–H groups in total. The van der Waals surface area contributed by atoms with Crippen LogP contribution in [0.4, 0.5) is 11.4 Å². The molecule has 1 unspecified atom stereocenters. The number of amides is 2. The van der Waals surface area contributed by atoms with Gasteiger partial charge in [0.25, 0.3) is 5.69 Å². The predicted molar refractivity (Wildman–Crippen MR) is 114 cm³/mol. The second kappa shape index (κ2) is 9.65. The van der Waals surface area contributed by atoms with Gasteiger partial charge < -0.3 is 15.4 Å². The van der Waals surface area contributed by atoms with Gasteiger partial charge in [0.15, 0.2) is 5.17 Å². The standard InChI is InChI=1S/C19H17N5O5S/c1-29-15-7-5-13(6-8-15)21-17(25)10-16-18(26)22-19(30-16)23-20-11-12-3-2-4-14(9-12)24(27)28/h2-9,11,16H,10H2,1H3,(H,21,25)(H,22,23,26)/b20-11+. The Morgan fingerprint density at radius 1 is 1.33 bits per heavy atom.